The average molecular weight is 312 g/mol. The van der Waals surface area contributed by atoms with Crippen LogP contribution in [0.25, 0.3) is 0 Å². The predicted octanol–water partition coefficient (Wildman–Crippen LogP) is 2.83. The van der Waals surface area contributed by atoms with Gasteiger partial charge in [-0.3, -0.25) is 4.79 Å². The molecule has 0 aliphatic heterocycles. The minimum Gasteiger partial charge on any atom is -0.493 e. The van der Waals surface area contributed by atoms with Crippen LogP contribution >= 0.6 is 0 Å². The second kappa shape index (κ2) is 8.96. The van der Waals surface area contributed by atoms with Crippen molar-refractivity contribution in [2.75, 3.05) is 20.7 Å². The molecule has 1 N–H and O–H groups in total. The first-order valence-electron chi connectivity index (χ1n) is 7.81. The van der Waals surface area contributed by atoms with E-state index in [9.17, 15) is 4.79 Å². The van der Waals surface area contributed by atoms with Gasteiger partial charge in [-0.2, -0.15) is 0 Å². The van der Waals surface area contributed by atoms with Crippen LogP contribution in [0.1, 0.15) is 17.5 Å². The van der Waals surface area contributed by atoms with Crippen molar-refractivity contribution < 1.29 is 9.53 Å². The summed E-state index contributed by atoms with van der Waals surface area (Å²) in [5.74, 6) is 0.789. The molecule has 0 heterocycles. The highest BCUT2D eigenvalue weighted by molar-refractivity contribution is 5.76. The quantitative estimate of drug-likeness (QED) is 0.815. The van der Waals surface area contributed by atoms with Crippen LogP contribution in [0.4, 0.5) is 0 Å². The molecular formula is C19H24N2O2. The number of amides is 1. The van der Waals surface area contributed by atoms with Crippen LogP contribution in [0.15, 0.2) is 54.6 Å². The number of ether oxygens (including phenoxy) is 1. The molecule has 0 bridgehead atoms. The number of carbonyl (C=O) groups is 1. The van der Waals surface area contributed by atoms with Crippen LogP contribution in [-0.4, -0.2) is 31.5 Å². The molecular weight excluding hydrogens is 288 g/mol. The smallest absolute Gasteiger partial charge is 0.223 e. The van der Waals surface area contributed by atoms with E-state index in [0.29, 0.717) is 19.6 Å². The summed E-state index contributed by atoms with van der Waals surface area (Å²) in [6.45, 7) is 1.80. The van der Waals surface area contributed by atoms with Crippen LogP contribution in [-0.2, 0) is 17.9 Å². The normalized spacial score (nSPS) is 10.6. The second-order valence-corrected chi connectivity index (χ2v) is 5.69. The van der Waals surface area contributed by atoms with E-state index in [0.717, 1.165) is 17.9 Å². The lowest BCUT2D eigenvalue weighted by molar-refractivity contribution is -0.121. The minimum atomic E-state index is 0.000544. The standard InChI is InChI=1S/C19H24N2O2/c1-21(2)15-17-9-7-6-8-16(17)14-20-19(22)12-13-23-18-10-4-3-5-11-18/h3-11H,12-15H2,1-2H3,(H,20,22). The fourth-order valence-electron chi connectivity index (χ4n) is 2.29. The number of para-hydroxylation sites is 1. The minimum absolute atomic E-state index is 0.000544. The first-order valence-corrected chi connectivity index (χ1v) is 7.81. The van der Waals surface area contributed by atoms with Crippen molar-refractivity contribution >= 4 is 5.91 Å². The van der Waals surface area contributed by atoms with Crippen molar-refractivity contribution in [1.82, 2.24) is 10.2 Å². The summed E-state index contributed by atoms with van der Waals surface area (Å²) in [5, 5.41) is 2.96. The van der Waals surface area contributed by atoms with E-state index in [-0.39, 0.29) is 5.91 Å². The first-order chi connectivity index (χ1) is 11.1. The molecule has 0 aliphatic carbocycles. The molecule has 0 aromatic heterocycles. The molecule has 0 fully saturated rings. The monoisotopic (exact) mass is 312 g/mol. The summed E-state index contributed by atoms with van der Waals surface area (Å²) in [6, 6.07) is 17.7. The Bertz CT molecular complexity index is 612. The number of benzene rings is 2. The summed E-state index contributed by atoms with van der Waals surface area (Å²) < 4.78 is 5.54. The van der Waals surface area contributed by atoms with Crippen LogP contribution in [0, 0.1) is 0 Å². The Kier molecular flexibility index (Phi) is 6.63. The van der Waals surface area contributed by atoms with Gasteiger partial charge in [-0.15, -0.1) is 0 Å². The highest BCUT2D eigenvalue weighted by Gasteiger charge is 2.06. The molecule has 0 aliphatic rings. The van der Waals surface area contributed by atoms with E-state index in [1.807, 2.05) is 56.6 Å². The van der Waals surface area contributed by atoms with Crippen molar-refractivity contribution in [3.8, 4) is 5.75 Å². The van der Waals surface area contributed by atoms with Crippen molar-refractivity contribution in [1.29, 1.82) is 0 Å². The van der Waals surface area contributed by atoms with E-state index < -0.39 is 0 Å². The Labute approximate surface area is 138 Å². The Hall–Kier alpha value is -2.33. The molecule has 1 amide bonds. The highest BCUT2D eigenvalue weighted by atomic mass is 16.5. The lowest BCUT2D eigenvalue weighted by Crippen LogP contribution is -2.25. The zero-order valence-electron chi connectivity index (χ0n) is 13.8. The summed E-state index contributed by atoms with van der Waals surface area (Å²) in [4.78, 5) is 14.1. The van der Waals surface area contributed by atoms with Gasteiger partial charge in [0.05, 0.1) is 13.0 Å². The van der Waals surface area contributed by atoms with Gasteiger partial charge in [-0.05, 0) is 37.4 Å². The Balaban J connectivity index is 1.76. The van der Waals surface area contributed by atoms with Crippen molar-refractivity contribution in [3.63, 3.8) is 0 Å². The fraction of sp³-hybridized carbons (Fsp3) is 0.316. The Morgan fingerprint density at radius 1 is 1.00 bits per heavy atom. The van der Waals surface area contributed by atoms with Gasteiger partial charge in [-0.1, -0.05) is 42.5 Å². The predicted molar refractivity (Wildman–Crippen MR) is 92.2 cm³/mol. The van der Waals surface area contributed by atoms with Crippen molar-refractivity contribution in [2.24, 2.45) is 0 Å². The lowest BCUT2D eigenvalue weighted by Gasteiger charge is -2.14. The molecule has 122 valence electrons. The molecule has 4 nitrogen and oxygen atoms in total. The molecule has 0 unspecified atom stereocenters. The molecule has 4 heteroatoms. The molecule has 2 aromatic carbocycles. The van der Waals surface area contributed by atoms with Gasteiger partial charge in [0.2, 0.25) is 5.91 Å². The van der Waals surface area contributed by atoms with E-state index in [1.54, 1.807) is 0 Å². The van der Waals surface area contributed by atoms with Crippen LogP contribution in [0.3, 0.4) is 0 Å². The maximum Gasteiger partial charge on any atom is 0.223 e. The maximum absolute atomic E-state index is 11.9. The third-order valence-electron chi connectivity index (χ3n) is 3.42. The molecule has 0 radical (unpaired) electrons. The Morgan fingerprint density at radius 3 is 2.35 bits per heavy atom. The third-order valence-corrected chi connectivity index (χ3v) is 3.42. The van der Waals surface area contributed by atoms with Crippen LogP contribution in [0.2, 0.25) is 0 Å². The van der Waals surface area contributed by atoms with Gasteiger partial charge in [0.1, 0.15) is 5.75 Å². The van der Waals surface area contributed by atoms with Gasteiger partial charge in [0.15, 0.2) is 0 Å². The number of hydrogen-bond acceptors (Lipinski definition) is 3. The van der Waals surface area contributed by atoms with Gasteiger partial charge >= 0.3 is 0 Å². The Morgan fingerprint density at radius 2 is 1.65 bits per heavy atom. The maximum atomic E-state index is 11.9. The molecule has 0 saturated carbocycles. The van der Waals surface area contributed by atoms with Crippen molar-refractivity contribution in [2.45, 2.75) is 19.5 Å². The van der Waals surface area contributed by atoms with E-state index in [1.165, 1.54) is 5.56 Å². The fourth-order valence-corrected chi connectivity index (χ4v) is 2.29. The van der Waals surface area contributed by atoms with Crippen LogP contribution < -0.4 is 10.1 Å². The number of nitrogens with one attached hydrogen (secondary N) is 1. The van der Waals surface area contributed by atoms with Crippen molar-refractivity contribution in [3.05, 3.63) is 65.7 Å². The molecule has 23 heavy (non-hydrogen) atoms. The SMILES string of the molecule is CN(C)Cc1ccccc1CNC(=O)CCOc1ccccc1. The van der Waals surface area contributed by atoms with E-state index >= 15 is 0 Å². The summed E-state index contributed by atoms with van der Waals surface area (Å²) in [5.41, 5.74) is 2.39. The number of hydrogen-bond donors (Lipinski definition) is 1. The first kappa shape index (κ1) is 17.0. The summed E-state index contributed by atoms with van der Waals surface area (Å²) in [7, 11) is 4.08. The molecule has 0 saturated heterocycles. The number of nitrogens with zero attached hydrogens (tertiary/aromatic N) is 1. The molecule has 0 atom stereocenters. The second-order valence-electron chi connectivity index (χ2n) is 5.69. The lowest BCUT2D eigenvalue weighted by atomic mass is 10.1. The van der Waals surface area contributed by atoms with Crippen LogP contribution in [0.5, 0.6) is 5.75 Å². The average Bonchev–Trinajstić information content (AvgIpc) is 2.54. The topological polar surface area (TPSA) is 41.6 Å². The van der Waals surface area contributed by atoms with Gasteiger partial charge < -0.3 is 15.0 Å². The highest BCUT2D eigenvalue weighted by Crippen LogP contribution is 2.11. The molecule has 0 spiro atoms. The summed E-state index contributed by atoms with van der Waals surface area (Å²) in [6.07, 6.45) is 0.352. The van der Waals surface area contributed by atoms with E-state index in [2.05, 4.69) is 22.3 Å². The molecule has 2 rings (SSSR count). The number of rotatable bonds is 8. The zero-order chi connectivity index (χ0) is 16.5. The van der Waals surface area contributed by atoms with Gasteiger partial charge in [0.25, 0.3) is 0 Å². The third kappa shape index (κ3) is 6.12. The van der Waals surface area contributed by atoms with Gasteiger partial charge in [-0.25, -0.2) is 0 Å². The van der Waals surface area contributed by atoms with Gasteiger partial charge in [0, 0.05) is 13.1 Å². The largest absolute Gasteiger partial charge is 0.493 e. The summed E-state index contributed by atoms with van der Waals surface area (Å²) >= 11 is 0. The number of carbonyl (C=O) groups excluding carboxylic acids is 1. The van der Waals surface area contributed by atoms with E-state index in [4.69, 9.17) is 4.74 Å². The molecule has 2 aromatic rings. The zero-order valence-corrected chi connectivity index (χ0v) is 13.8.